The van der Waals surface area contributed by atoms with Crippen LogP contribution in [0.2, 0.25) is 0 Å². The van der Waals surface area contributed by atoms with Gasteiger partial charge in [0.25, 0.3) is 0 Å². The predicted octanol–water partition coefficient (Wildman–Crippen LogP) is 2.44. The van der Waals surface area contributed by atoms with Crippen molar-refractivity contribution < 1.29 is 0 Å². The van der Waals surface area contributed by atoms with Gasteiger partial charge in [-0.1, -0.05) is 15.9 Å². The second kappa shape index (κ2) is 4.80. The molecule has 3 N–H and O–H groups in total. The van der Waals surface area contributed by atoms with E-state index in [9.17, 15) is 0 Å². The summed E-state index contributed by atoms with van der Waals surface area (Å²) in [5.74, 6) is 0.721. The van der Waals surface area contributed by atoms with Crippen LogP contribution in [-0.2, 0) is 0 Å². The molecule has 84 valence electrons. The van der Waals surface area contributed by atoms with Crippen LogP contribution in [0.3, 0.4) is 0 Å². The van der Waals surface area contributed by atoms with Gasteiger partial charge in [-0.3, -0.25) is 0 Å². The number of hydrogen-bond donors (Lipinski definition) is 2. The number of nitriles is 1. The second-order valence-electron chi connectivity index (χ2n) is 3.22. The number of nitrogens with two attached hydrogens (primary N) is 1. The normalized spacial score (nSPS) is 9.65. The average Bonchev–Trinajstić information content (AvgIpc) is 2.32. The van der Waals surface area contributed by atoms with Crippen molar-refractivity contribution in [2.24, 2.45) is 0 Å². The molecule has 0 bridgehead atoms. The van der Waals surface area contributed by atoms with E-state index in [4.69, 9.17) is 11.0 Å². The van der Waals surface area contributed by atoms with Gasteiger partial charge < -0.3 is 11.1 Å². The number of nitrogens with zero attached hydrogens (tertiary/aromatic N) is 3. The monoisotopic (exact) mass is 289 g/mol. The number of halogens is 1. The molecule has 1 aromatic carbocycles. The summed E-state index contributed by atoms with van der Waals surface area (Å²) in [6.45, 7) is 0. The molecule has 0 saturated heterocycles. The molecule has 0 aliphatic heterocycles. The van der Waals surface area contributed by atoms with Gasteiger partial charge in [0.1, 0.15) is 6.07 Å². The third kappa shape index (κ3) is 2.52. The minimum Gasteiger partial charge on any atom is -0.381 e. The van der Waals surface area contributed by atoms with Crippen LogP contribution in [0.5, 0.6) is 0 Å². The predicted molar refractivity (Wildman–Crippen MR) is 68.6 cm³/mol. The largest absolute Gasteiger partial charge is 0.381 e. The summed E-state index contributed by atoms with van der Waals surface area (Å²) in [6, 6.07) is 7.38. The molecule has 0 amide bonds. The van der Waals surface area contributed by atoms with Gasteiger partial charge in [0.05, 0.1) is 11.3 Å². The summed E-state index contributed by atoms with van der Waals surface area (Å²) in [5, 5.41) is 12.0. The zero-order valence-electron chi connectivity index (χ0n) is 8.68. The summed E-state index contributed by atoms with van der Waals surface area (Å²) in [5.41, 5.74) is 6.81. The van der Waals surface area contributed by atoms with Crippen molar-refractivity contribution >= 4 is 33.3 Å². The summed E-state index contributed by atoms with van der Waals surface area (Å²) in [4.78, 5) is 7.97. The van der Waals surface area contributed by atoms with E-state index in [2.05, 4.69) is 37.3 Å². The van der Waals surface area contributed by atoms with Gasteiger partial charge in [0, 0.05) is 16.9 Å². The molecule has 0 aliphatic carbocycles. The molecule has 1 heterocycles. The number of anilines is 3. The summed E-state index contributed by atoms with van der Waals surface area (Å²) in [6.07, 6.45) is 3.04. The average molecular weight is 290 g/mol. The fourth-order valence-electron chi connectivity index (χ4n) is 1.29. The first-order valence-electron chi connectivity index (χ1n) is 4.74. The van der Waals surface area contributed by atoms with Crippen molar-refractivity contribution in [3.63, 3.8) is 0 Å². The number of nitrogens with one attached hydrogen (secondary N) is 1. The first kappa shape index (κ1) is 11.4. The van der Waals surface area contributed by atoms with Crippen LogP contribution in [-0.4, -0.2) is 9.97 Å². The van der Waals surface area contributed by atoms with E-state index in [0.29, 0.717) is 17.1 Å². The molecule has 0 spiro atoms. The molecule has 2 rings (SSSR count). The van der Waals surface area contributed by atoms with E-state index in [-0.39, 0.29) is 5.82 Å². The standard InChI is InChI=1S/C11H8BrN5/c12-8-2-1-7(6-13)9(5-8)17-11-10(14)15-3-4-16-11/h1-5H,(H2,14,15)(H,16,17). The van der Waals surface area contributed by atoms with Gasteiger partial charge in [-0.05, 0) is 18.2 Å². The lowest BCUT2D eigenvalue weighted by Gasteiger charge is -2.08. The van der Waals surface area contributed by atoms with E-state index >= 15 is 0 Å². The summed E-state index contributed by atoms with van der Waals surface area (Å²) < 4.78 is 0.862. The molecule has 17 heavy (non-hydrogen) atoms. The minimum atomic E-state index is 0.288. The molecule has 6 heteroatoms. The highest BCUT2D eigenvalue weighted by atomic mass is 79.9. The highest BCUT2D eigenvalue weighted by Gasteiger charge is 2.06. The van der Waals surface area contributed by atoms with Crippen molar-refractivity contribution in [1.82, 2.24) is 9.97 Å². The Morgan fingerprint density at radius 3 is 2.76 bits per heavy atom. The third-order valence-electron chi connectivity index (χ3n) is 2.08. The Labute approximate surface area is 106 Å². The van der Waals surface area contributed by atoms with Crippen LogP contribution in [0.15, 0.2) is 35.1 Å². The maximum atomic E-state index is 8.98. The van der Waals surface area contributed by atoms with Gasteiger partial charge in [0.2, 0.25) is 0 Å². The topological polar surface area (TPSA) is 87.6 Å². The summed E-state index contributed by atoms with van der Waals surface area (Å²) in [7, 11) is 0. The van der Waals surface area contributed by atoms with Crippen molar-refractivity contribution in [3.05, 3.63) is 40.6 Å². The lowest BCUT2D eigenvalue weighted by molar-refractivity contribution is 1.21. The zero-order chi connectivity index (χ0) is 12.3. The van der Waals surface area contributed by atoms with E-state index in [1.54, 1.807) is 18.2 Å². The van der Waals surface area contributed by atoms with E-state index in [0.717, 1.165) is 4.47 Å². The van der Waals surface area contributed by atoms with Gasteiger partial charge in [0.15, 0.2) is 11.6 Å². The van der Waals surface area contributed by atoms with Crippen molar-refractivity contribution in [2.45, 2.75) is 0 Å². The van der Waals surface area contributed by atoms with Crippen LogP contribution in [0.25, 0.3) is 0 Å². The molecule has 0 saturated carbocycles. The summed E-state index contributed by atoms with van der Waals surface area (Å²) >= 11 is 3.34. The number of hydrogen-bond acceptors (Lipinski definition) is 5. The van der Waals surface area contributed by atoms with Crippen molar-refractivity contribution in [1.29, 1.82) is 5.26 Å². The highest BCUT2D eigenvalue weighted by Crippen LogP contribution is 2.25. The first-order chi connectivity index (χ1) is 8.20. The van der Waals surface area contributed by atoms with Gasteiger partial charge in [-0.15, -0.1) is 0 Å². The number of aromatic nitrogens is 2. The van der Waals surface area contributed by atoms with Crippen LogP contribution < -0.4 is 11.1 Å². The van der Waals surface area contributed by atoms with E-state index in [1.165, 1.54) is 12.4 Å². The Balaban J connectivity index is 2.40. The third-order valence-corrected chi connectivity index (χ3v) is 2.57. The maximum Gasteiger partial charge on any atom is 0.173 e. The molecule has 0 atom stereocenters. The molecule has 0 fully saturated rings. The lowest BCUT2D eigenvalue weighted by atomic mass is 10.2. The van der Waals surface area contributed by atoms with E-state index < -0.39 is 0 Å². The van der Waals surface area contributed by atoms with E-state index in [1.807, 2.05) is 0 Å². The minimum absolute atomic E-state index is 0.288. The molecular formula is C11H8BrN5. The first-order valence-corrected chi connectivity index (χ1v) is 5.53. The quantitative estimate of drug-likeness (QED) is 0.887. The fourth-order valence-corrected chi connectivity index (χ4v) is 1.65. The van der Waals surface area contributed by atoms with Crippen LogP contribution >= 0.6 is 15.9 Å². The second-order valence-corrected chi connectivity index (χ2v) is 4.13. The van der Waals surface area contributed by atoms with Gasteiger partial charge in [-0.25, -0.2) is 9.97 Å². The van der Waals surface area contributed by atoms with Gasteiger partial charge >= 0.3 is 0 Å². The van der Waals surface area contributed by atoms with Crippen LogP contribution in [0.1, 0.15) is 5.56 Å². The molecular weight excluding hydrogens is 282 g/mol. The Hall–Kier alpha value is -2.13. The van der Waals surface area contributed by atoms with Crippen molar-refractivity contribution in [2.75, 3.05) is 11.1 Å². The molecule has 1 aromatic heterocycles. The Kier molecular flexibility index (Phi) is 3.21. The fraction of sp³-hybridized carbons (Fsp3) is 0. The van der Waals surface area contributed by atoms with Gasteiger partial charge in [-0.2, -0.15) is 5.26 Å². The zero-order valence-corrected chi connectivity index (χ0v) is 10.3. The van der Waals surface area contributed by atoms with Crippen LogP contribution in [0.4, 0.5) is 17.3 Å². The smallest absolute Gasteiger partial charge is 0.173 e. The number of nitrogen functional groups attached to an aromatic ring is 1. The molecule has 5 nitrogen and oxygen atoms in total. The Morgan fingerprint density at radius 2 is 2.06 bits per heavy atom. The highest BCUT2D eigenvalue weighted by molar-refractivity contribution is 9.10. The molecule has 0 unspecified atom stereocenters. The molecule has 2 aromatic rings. The lowest BCUT2D eigenvalue weighted by Crippen LogP contribution is -2.02. The Morgan fingerprint density at radius 1 is 1.29 bits per heavy atom. The number of rotatable bonds is 2. The number of benzene rings is 1. The van der Waals surface area contributed by atoms with Crippen molar-refractivity contribution in [3.8, 4) is 6.07 Å². The Bertz CT molecular complexity index is 591. The van der Waals surface area contributed by atoms with Crippen LogP contribution in [0, 0.1) is 11.3 Å². The SMILES string of the molecule is N#Cc1ccc(Br)cc1Nc1nccnc1N. The maximum absolute atomic E-state index is 8.98. The molecule has 0 radical (unpaired) electrons. The molecule has 0 aliphatic rings.